The lowest BCUT2D eigenvalue weighted by atomic mass is 10.0. The lowest BCUT2D eigenvalue weighted by Crippen LogP contribution is -2.10. The van der Waals surface area contributed by atoms with E-state index in [1.54, 1.807) is 12.4 Å². The fraction of sp³-hybridized carbons (Fsp3) is 0.240. The first-order valence-electron chi connectivity index (χ1n) is 10.9. The van der Waals surface area contributed by atoms with Crippen molar-refractivity contribution in [3.05, 3.63) is 71.1 Å². The maximum atomic E-state index is 14.6. The Morgan fingerprint density at radius 3 is 2.88 bits per heavy atom. The minimum Gasteiger partial charge on any atom is -0.493 e. The topological polar surface area (TPSA) is 75.2 Å². The Hall–Kier alpha value is -3.57. The molecule has 1 fully saturated rings. The minimum atomic E-state index is -0.291. The number of pyridine rings is 2. The number of nitrogens with one attached hydrogen (secondary N) is 1. The van der Waals surface area contributed by atoms with E-state index in [0.29, 0.717) is 40.9 Å². The Morgan fingerprint density at radius 1 is 1.24 bits per heavy atom. The Balaban J connectivity index is 1.42. The summed E-state index contributed by atoms with van der Waals surface area (Å²) in [5.41, 5.74) is 5.45. The molecule has 8 heteroatoms. The fourth-order valence-electron chi connectivity index (χ4n) is 4.52. The standard InChI is InChI=1S/C25H20FN5OS/c26-20-4-6-22-17(7-8-32-22)19(20)12-29-24-16(10-27)9-18(23-25(33)30-13-31(23)24)15-3-5-21(28-11-15)14-1-2-14/h3-6,9,11,13-14,29,33H,1-2,7-8,12H2. The summed E-state index contributed by atoms with van der Waals surface area (Å²) in [6, 6.07) is 11.3. The molecule has 4 aromatic rings. The third-order valence-electron chi connectivity index (χ3n) is 6.37. The summed E-state index contributed by atoms with van der Waals surface area (Å²) in [7, 11) is 0. The van der Waals surface area contributed by atoms with Gasteiger partial charge in [-0.05, 0) is 37.1 Å². The molecule has 0 atom stereocenters. The Bertz CT molecular complexity index is 1440. The third kappa shape index (κ3) is 3.40. The number of imidazole rings is 1. The summed E-state index contributed by atoms with van der Waals surface area (Å²) in [6.45, 7) is 0.769. The van der Waals surface area contributed by atoms with Crippen molar-refractivity contribution >= 4 is 24.0 Å². The smallest absolute Gasteiger partial charge is 0.130 e. The first-order valence-corrected chi connectivity index (χ1v) is 11.3. The van der Waals surface area contributed by atoms with Gasteiger partial charge in [0.25, 0.3) is 0 Å². The normalized spacial score (nSPS) is 14.7. The Labute approximate surface area is 195 Å². The predicted octanol–water partition coefficient (Wildman–Crippen LogP) is 5.12. The molecule has 164 valence electrons. The number of fused-ring (bicyclic) bond motifs is 2. The molecule has 2 aliphatic rings. The van der Waals surface area contributed by atoms with E-state index in [1.165, 1.54) is 18.9 Å². The molecule has 6 nitrogen and oxygen atoms in total. The van der Waals surface area contributed by atoms with Gasteiger partial charge in [0.05, 0.1) is 17.7 Å². The van der Waals surface area contributed by atoms with Crippen molar-refractivity contribution in [1.82, 2.24) is 14.4 Å². The minimum absolute atomic E-state index is 0.221. The van der Waals surface area contributed by atoms with Crippen molar-refractivity contribution in [1.29, 1.82) is 5.26 Å². The predicted molar refractivity (Wildman–Crippen MR) is 125 cm³/mol. The average Bonchev–Trinajstić information content (AvgIpc) is 3.46. The van der Waals surface area contributed by atoms with Crippen LogP contribution in [0.1, 0.15) is 41.1 Å². The van der Waals surface area contributed by atoms with Crippen molar-refractivity contribution in [2.45, 2.75) is 36.8 Å². The zero-order chi connectivity index (χ0) is 22.5. The van der Waals surface area contributed by atoms with Crippen molar-refractivity contribution in [2.75, 3.05) is 11.9 Å². The quantitative estimate of drug-likeness (QED) is 0.407. The van der Waals surface area contributed by atoms with Crippen LogP contribution in [0, 0.1) is 17.1 Å². The van der Waals surface area contributed by atoms with Crippen LogP contribution in [0.4, 0.5) is 10.2 Å². The van der Waals surface area contributed by atoms with E-state index in [9.17, 15) is 9.65 Å². The summed E-state index contributed by atoms with van der Waals surface area (Å²) >= 11 is 4.56. The van der Waals surface area contributed by atoms with Crippen LogP contribution in [-0.2, 0) is 13.0 Å². The molecule has 1 N–H and O–H groups in total. The second-order valence-corrected chi connectivity index (χ2v) is 8.84. The van der Waals surface area contributed by atoms with E-state index in [0.717, 1.165) is 33.7 Å². The molecule has 0 saturated heterocycles. The number of nitrogens with zero attached hydrogens (tertiary/aromatic N) is 4. The van der Waals surface area contributed by atoms with Gasteiger partial charge < -0.3 is 10.1 Å². The number of hydrogen-bond donors (Lipinski definition) is 2. The average molecular weight is 458 g/mol. The molecule has 0 spiro atoms. The number of hydrogen-bond acceptors (Lipinski definition) is 6. The lowest BCUT2D eigenvalue weighted by Gasteiger charge is -2.16. The van der Waals surface area contributed by atoms with Gasteiger partial charge in [-0.1, -0.05) is 6.07 Å². The summed E-state index contributed by atoms with van der Waals surface area (Å²) in [5, 5.41) is 13.8. The summed E-state index contributed by atoms with van der Waals surface area (Å²) in [4.78, 5) is 9.00. The SMILES string of the molecule is N#Cc1cc(-c2ccc(C3CC3)nc2)c2c(S)ncn2c1NCc1c(F)ccc2c1CCO2. The maximum absolute atomic E-state index is 14.6. The molecule has 0 amide bonds. The van der Waals surface area contributed by atoms with E-state index < -0.39 is 0 Å². The summed E-state index contributed by atoms with van der Waals surface area (Å²) in [5.74, 6) is 1.54. The van der Waals surface area contributed by atoms with E-state index in [2.05, 4.69) is 40.0 Å². The first-order chi connectivity index (χ1) is 16.1. The highest BCUT2D eigenvalue weighted by molar-refractivity contribution is 7.80. The number of thiol groups is 1. The van der Waals surface area contributed by atoms with Crippen LogP contribution in [0.2, 0.25) is 0 Å². The summed E-state index contributed by atoms with van der Waals surface area (Å²) in [6.07, 6.45) is 6.52. The van der Waals surface area contributed by atoms with Crippen LogP contribution in [0.15, 0.2) is 47.9 Å². The molecule has 1 aliphatic heterocycles. The van der Waals surface area contributed by atoms with Crippen molar-refractivity contribution < 1.29 is 9.13 Å². The lowest BCUT2D eigenvalue weighted by molar-refractivity contribution is 0.356. The van der Waals surface area contributed by atoms with Crippen molar-refractivity contribution in [3.63, 3.8) is 0 Å². The van der Waals surface area contributed by atoms with Gasteiger partial charge in [0, 0.05) is 53.0 Å². The number of nitriles is 1. The number of anilines is 1. The van der Waals surface area contributed by atoms with Crippen molar-refractivity contribution in [3.8, 4) is 22.9 Å². The van der Waals surface area contributed by atoms with E-state index in [1.807, 2.05) is 22.7 Å². The van der Waals surface area contributed by atoms with E-state index in [-0.39, 0.29) is 12.4 Å². The number of rotatable bonds is 5. The van der Waals surface area contributed by atoms with Gasteiger partial charge in [0.15, 0.2) is 0 Å². The number of aromatic nitrogens is 3. The second kappa shape index (κ2) is 7.78. The van der Waals surface area contributed by atoms with Crippen LogP contribution in [0.3, 0.4) is 0 Å². The molecule has 4 heterocycles. The maximum Gasteiger partial charge on any atom is 0.130 e. The number of benzene rings is 1. The van der Waals surface area contributed by atoms with Crippen LogP contribution in [0.5, 0.6) is 5.75 Å². The highest BCUT2D eigenvalue weighted by Crippen LogP contribution is 2.40. The van der Waals surface area contributed by atoms with Gasteiger partial charge in [0.1, 0.15) is 34.8 Å². The zero-order valence-corrected chi connectivity index (χ0v) is 18.6. The van der Waals surface area contributed by atoms with Crippen LogP contribution in [0.25, 0.3) is 16.6 Å². The third-order valence-corrected chi connectivity index (χ3v) is 6.70. The van der Waals surface area contributed by atoms with Gasteiger partial charge in [-0.25, -0.2) is 9.37 Å². The molecule has 33 heavy (non-hydrogen) atoms. The van der Waals surface area contributed by atoms with Crippen molar-refractivity contribution in [2.24, 2.45) is 0 Å². The Kier molecular flexibility index (Phi) is 4.73. The molecule has 1 saturated carbocycles. The van der Waals surface area contributed by atoms with E-state index >= 15 is 0 Å². The molecule has 1 aliphatic carbocycles. The molecule has 3 aromatic heterocycles. The number of ether oxygens (including phenoxy) is 1. The van der Waals surface area contributed by atoms with Crippen LogP contribution in [-0.4, -0.2) is 21.0 Å². The molecule has 6 rings (SSSR count). The van der Waals surface area contributed by atoms with Gasteiger partial charge in [-0.2, -0.15) is 5.26 Å². The van der Waals surface area contributed by atoms with E-state index in [4.69, 9.17) is 4.74 Å². The highest BCUT2D eigenvalue weighted by Gasteiger charge is 2.25. The van der Waals surface area contributed by atoms with Gasteiger partial charge >= 0.3 is 0 Å². The van der Waals surface area contributed by atoms with Gasteiger partial charge in [-0.3, -0.25) is 9.38 Å². The Morgan fingerprint density at radius 2 is 2.12 bits per heavy atom. The van der Waals surface area contributed by atoms with Crippen LogP contribution >= 0.6 is 12.6 Å². The van der Waals surface area contributed by atoms with Crippen LogP contribution < -0.4 is 10.1 Å². The fourth-order valence-corrected chi connectivity index (χ4v) is 4.80. The second-order valence-electron chi connectivity index (χ2n) is 8.42. The first kappa shape index (κ1) is 20.1. The largest absolute Gasteiger partial charge is 0.493 e. The molecule has 0 radical (unpaired) electrons. The zero-order valence-electron chi connectivity index (χ0n) is 17.7. The highest BCUT2D eigenvalue weighted by atomic mass is 32.1. The molecular weight excluding hydrogens is 437 g/mol. The molecular formula is C25H20FN5OS. The number of halogens is 1. The molecule has 1 aromatic carbocycles. The summed E-state index contributed by atoms with van der Waals surface area (Å²) < 4.78 is 22.0. The monoisotopic (exact) mass is 457 g/mol. The van der Waals surface area contributed by atoms with Gasteiger partial charge in [0.2, 0.25) is 0 Å². The molecule has 0 bridgehead atoms. The molecule has 0 unspecified atom stereocenters. The van der Waals surface area contributed by atoms with Gasteiger partial charge in [-0.15, -0.1) is 12.6 Å².